The molecule has 0 bridgehead atoms. The summed E-state index contributed by atoms with van der Waals surface area (Å²) in [6.45, 7) is 0.688. The lowest BCUT2D eigenvalue weighted by molar-refractivity contribution is -0.119. The van der Waals surface area contributed by atoms with Gasteiger partial charge in [0.25, 0.3) is 0 Å². The molecule has 23 heavy (non-hydrogen) atoms. The van der Waals surface area contributed by atoms with Gasteiger partial charge in [-0.05, 0) is 47.9 Å². The maximum absolute atomic E-state index is 11.6. The zero-order chi connectivity index (χ0) is 16.2. The van der Waals surface area contributed by atoms with E-state index in [1.165, 1.54) is 25.7 Å². The number of Topliss-reactive ketones (excluding diaryl/α,β-unsaturated/α-hetero) is 1. The lowest BCUT2D eigenvalue weighted by Gasteiger charge is -2.12. The third-order valence-corrected chi connectivity index (χ3v) is 5.55. The monoisotopic (exact) mass is 350 g/mol. The van der Waals surface area contributed by atoms with Gasteiger partial charge in [-0.3, -0.25) is 9.59 Å². The van der Waals surface area contributed by atoms with Gasteiger partial charge in [-0.1, -0.05) is 43.4 Å². The number of hydrogen-bond acceptors (Lipinski definition) is 4. The number of ether oxygens (including phenoxy) is 1. The number of rotatable bonds is 5. The number of carbonyl (C=O) groups excluding carboxylic acids is 2. The predicted octanol–water partition coefficient (Wildman–Crippen LogP) is 4.87. The summed E-state index contributed by atoms with van der Waals surface area (Å²) in [7, 11) is 0. The Bertz CT molecular complexity index is 648. The summed E-state index contributed by atoms with van der Waals surface area (Å²) in [5.41, 5.74) is 0.809. The molecule has 2 aliphatic rings. The molecule has 1 aliphatic heterocycles. The van der Waals surface area contributed by atoms with Crippen LogP contribution in [0.5, 0.6) is 5.75 Å². The first-order valence-electron chi connectivity index (χ1n) is 8.00. The second kappa shape index (κ2) is 7.54. The topological polar surface area (TPSA) is 43.4 Å². The van der Waals surface area contributed by atoms with Crippen LogP contribution >= 0.6 is 23.4 Å². The molecule has 1 heterocycles. The van der Waals surface area contributed by atoms with Crippen LogP contribution in [0.3, 0.4) is 0 Å². The lowest BCUT2D eigenvalue weighted by Crippen LogP contribution is -2.04. The number of halogens is 1. The first-order valence-corrected chi connectivity index (χ1v) is 9.19. The molecule has 0 atom stereocenters. The number of allylic oxidation sites excluding steroid dienone is 1. The summed E-state index contributed by atoms with van der Waals surface area (Å²) < 4.78 is 5.78. The number of thioether (sulfide) groups is 1. The van der Waals surface area contributed by atoms with Gasteiger partial charge in [-0.15, -0.1) is 0 Å². The highest BCUT2D eigenvalue weighted by molar-refractivity contribution is 8.18. The molecule has 2 fully saturated rings. The van der Waals surface area contributed by atoms with Gasteiger partial charge in [0.1, 0.15) is 5.75 Å². The number of carbonyl (C=O) groups is 2. The van der Waals surface area contributed by atoms with E-state index in [1.54, 1.807) is 12.1 Å². The Kier molecular flexibility index (Phi) is 5.44. The second-order valence-electron chi connectivity index (χ2n) is 6.06. The van der Waals surface area contributed by atoms with E-state index < -0.39 is 0 Å². The minimum Gasteiger partial charge on any atom is -0.492 e. The zero-order valence-corrected chi connectivity index (χ0v) is 14.4. The largest absolute Gasteiger partial charge is 0.492 e. The van der Waals surface area contributed by atoms with Crippen molar-refractivity contribution in [2.75, 3.05) is 6.61 Å². The van der Waals surface area contributed by atoms with Crippen molar-refractivity contribution in [2.45, 2.75) is 38.5 Å². The fraction of sp³-hybridized carbons (Fsp3) is 0.444. The van der Waals surface area contributed by atoms with E-state index in [-0.39, 0.29) is 17.3 Å². The van der Waals surface area contributed by atoms with Gasteiger partial charge in [0.15, 0.2) is 5.78 Å². The molecule has 1 saturated carbocycles. The molecule has 0 amide bonds. The molecule has 0 aromatic heterocycles. The van der Waals surface area contributed by atoms with Crippen molar-refractivity contribution in [1.82, 2.24) is 0 Å². The molecule has 1 aromatic carbocycles. The molecule has 0 unspecified atom stereocenters. The fourth-order valence-corrected chi connectivity index (χ4v) is 4.13. The van der Waals surface area contributed by atoms with Crippen LogP contribution in [-0.4, -0.2) is 17.5 Å². The maximum Gasteiger partial charge on any atom is 0.201 e. The quantitative estimate of drug-likeness (QED) is 0.561. The van der Waals surface area contributed by atoms with Crippen LogP contribution in [0.25, 0.3) is 6.08 Å². The standard InChI is InChI=1S/C18H19ClO3S/c19-14-9-13(10-17-15(20)11-18(21)23-17)5-6-16(14)22-8-7-12-3-1-2-4-12/h5-6,9-10,12H,1-4,7-8,11H2/b17-10-. The second-order valence-corrected chi connectivity index (χ2v) is 7.57. The van der Waals surface area contributed by atoms with E-state index in [2.05, 4.69) is 0 Å². The van der Waals surface area contributed by atoms with Crippen molar-refractivity contribution in [1.29, 1.82) is 0 Å². The average Bonchev–Trinajstić information content (AvgIpc) is 3.12. The summed E-state index contributed by atoms with van der Waals surface area (Å²) in [5, 5.41) is 0.437. The van der Waals surface area contributed by atoms with Crippen molar-refractivity contribution >= 4 is 40.3 Å². The molecule has 0 spiro atoms. The SMILES string of the molecule is O=C1CC(=O)/C(=C/c2ccc(OCCC3CCCC3)c(Cl)c2)S1. The predicted molar refractivity (Wildman–Crippen MR) is 93.7 cm³/mol. The van der Waals surface area contributed by atoms with E-state index in [1.807, 2.05) is 12.1 Å². The van der Waals surface area contributed by atoms with Crippen molar-refractivity contribution in [3.63, 3.8) is 0 Å². The zero-order valence-electron chi connectivity index (χ0n) is 12.8. The Morgan fingerprint density at radius 3 is 2.70 bits per heavy atom. The minimum atomic E-state index is -0.118. The Balaban J connectivity index is 1.60. The molecule has 0 radical (unpaired) electrons. The summed E-state index contributed by atoms with van der Waals surface area (Å²) in [5.74, 6) is 1.35. The summed E-state index contributed by atoms with van der Waals surface area (Å²) >= 11 is 7.27. The Morgan fingerprint density at radius 2 is 2.04 bits per heavy atom. The van der Waals surface area contributed by atoms with E-state index in [4.69, 9.17) is 16.3 Å². The summed E-state index contributed by atoms with van der Waals surface area (Å²) in [6.07, 6.45) is 8.10. The highest BCUT2D eigenvalue weighted by Gasteiger charge is 2.25. The van der Waals surface area contributed by atoms with Crippen LogP contribution in [0.2, 0.25) is 5.02 Å². The van der Waals surface area contributed by atoms with E-state index in [0.29, 0.717) is 22.3 Å². The maximum atomic E-state index is 11.6. The minimum absolute atomic E-state index is 0.00735. The van der Waals surface area contributed by atoms with Gasteiger partial charge in [0.2, 0.25) is 5.12 Å². The van der Waals surface area contributed by atoms with E-state index in [9.17, 15) is 9.59 Å². The first-order chi connectivity index (χ1) is 11.1. The molecule has 3 nitrogen and oxygen atoms in total. The number of hydrogen-bond donors (Lipinski definition) is 0. The van der Waals surface area contributed by atoms with Gasteiger partial charge < -0.3 is 4.74 Å². The fourth-order valence-electron chi connectivity index (χ4n) is 3.05. The van der Waals surface area contributed by atoms with Gasteiger partial charge in [-0.25, -0.2) is 0 Å². The van der Waals surface area contributed by atoms with Crippen molar-refractivity contribution in [2.24, 2.45) is 5.92 Å². The normalized spacial score (nSPS) is 20.7. The van der Waals surface area contributed by atoms with Gasteiger partial charge in [0.05, 0.1) is 23.0 Å². The highest BCUT2D eigenvalue weighted by atomic mass is 35.5. The van der Waals surface area contributed by atoms with Crippen LogP contribution in [-0.2, 0) is 9.59 Å². The smallest absolute Gasteiger partial charge is 0.201 e. The average molecular weight is 351 g/mol. The van der Waals surface area contributed by atoms with Gasteiger partial charge in [0, 0.05) is 0 Å². The highest BCUT2D eigenvalue weighted by Crippen LogP contribution is 2.33. The molecule has 3 rings (SSSR count). The molecular weight excluding hydrogens is 332 g/mol. The molecular formula is C18H19ClO3S. The Morgan fingerprint density at radius 1 is 1.26 bits per heavy atom. The molecule has 5 heteroatoms. The third kappa shape index (κ3) is 4.39. The van der Waals surface area contributed by atoms with Crippen LogP contribution in [0.1, 0.15) is 44.1 Å². The lowest BCUT2D eigenvalue weighted by atomic mass is 10.1. The van der Waals surface area contributed by atoms with Crippen LogP contribution in [0.4, 0.5) is 0 Å². The third-order valence-electron chi connectivity index (χ3n) is 4.32. The number of ketones is 1. The van der Waals surface area contributed by atoms with Crippen LogP contribution in [0, 0.1) is 5.92 Å². The van der Waals surface area contributed by atoms with Crippen LogP contribution < -0.4 is 4.74 Å². The Labute approximate surface area is 145 Å². The van der Waals surface area contributed by atoms with E-state index >= 15 is 0 Å². The van der Waals surface area contributed by atoms with Crippen molar-refractivity contribution in [3.8, 4) is 5.75 Å². The summed E-state index contributed by atoms with van der Waals surface area (Å²) in [6, 6.07) is 5.46. The van der Waals surface area contributed by atoms with Gasteiger partial charge in [-0.2, -0.15) is 0 Å². The first kappa shape index (κ1) is 16.6. The molecule has 122 valence electrons. The van der Waals surface area contributed by atoms with E-state index in [0.717, 1.165) is 29.7 Å². The van der Waals surface area contributed by atoms with Gasteiger partial charge >= 0.3 is 0 Å². The summed E-state index contributed by atoms with van der Waals surface area (Å²) in [4.78, 5) is 23.4. The molecule has 1 aromatic rings. The van der Waals surface area contributed by atoms with Crippen LogP contribution in [0.15, 0.2) is 23.1 Å². The molecule has 0 N–H and O–H groups in total. The van der Waals surface area contributed by atoms with Crippen molar-refractivity contribution in [3.05, 3.63) is 33.7 Å². The van der Waals surface area contributed by atoms with Crippen molar-refractivity contribution < 1.29 is 14.3 Å². The molecule has 1 saturated heterocycles. The molecule has 1 aliphatic carbocycles. The Hall–Kier alpha value is -1.26. The number of benzene rings is 1.